The number of rotatable bonds is 6. The number of nitrogens with zero attached hydrogens (tertiary/aromatic N) is 5. The Balaban J connectivity index is 1.64. The van der Waals surface area contributed by atoms with Crippen LogP contribution in [0.1, 0.15) is 13.8 Å². The minimum Gasteiger partial charge on any atom is -0.488 e. The van der Waals surface area contributed by atoms with Crippen molar-refractivity contribution >= 4 is 22.6 Å². The number of nitrogens with one attached hydrogen (secondary N) is 1. The highest BCUT2D eigenvalue weighted by molar-refractivity contribution is 5.93. The Morgan fingerprint density at radius 3 is 2.83 bits per heavy atom. The zero-order valence-electron chi connectivity index (χ0n) is 16.8. The van der Waals surface area contributed by atoms with Crippen molar-refractivity contribution in [3.63, 3.8) is 0 Å². The van der Waals surface area contributed by atoms with Gasteiger partial charge in [-0.15, -0.1) is 0 Å². The first-order valence-electron chi connectivity index (χ1n) is 9.76. The first kappa shape index (κ1) is 20.0. The van der Waals surface area contributed by atoms with Crippen LogP contribution in [0.3, 0.4) is 0 Å². The van der Waals surface area contributed by atoms with Crippen LogP contribution >= 0.6 is 0 Å². The lowest BCUT2D eigenvalue weighted by molar-refractivity contribution is -0.131. The van der Waals surface area contributed by atoms with Crippen LogP contribution in [-0.4, -0.2) is 75.0 Å². The predicted octanol–water partition coefficient (Wildman–Crippen LogP) is 1.59. The van der Waals surface area contributed by atoms with Gasteiger partial charge in [-0.1, -0.05) is 0 Å². The highest BCUT2D eigenvalue weighted by atomic mass is 19.1. The molecule has 0 aliphatic carbocycles. The lowest BCUT2D eigenvalue weighted by Gasteiger charge is -2.34. The number of carbonyl (C=O) groups is 1. The Morgan fingerprint density at radius 2 is 2.10 bits per heavy atom. The zero-order valence-corrected chi connectivity index (χ0v) is 16.8. The molecule has 1 saturated heterocycles. The number of aliphatic hydroxyl groups excluding tert-OH is 1. The van der Waals surface area contributed by atoms with E-state index in [0.717, 1.165) is 0 Å². The number of carbonyl (C=O) groups excluding carboxylic acids is 1. The van der Waals surface area contributed by atoms with Crippen molar-refractivity contribution < 1.29 is 19.0 Å². The molecule has 158 valence electrons. The molecule has 1 aliphatic heterocycles. The van der Waals surface area contributed by atoms with Crippen molar-refractivity contribution in [2.45, 2.75) is 20.0 Å². The summed E-state index contributed by atoms with van der Waals surface area (Å²) in [7, 11) is 0. The topological polar surface area (TPSA) is 107 Å². The summed E-state index contributed by atoms with van der Waals surface area (Å²) in [4.78, 5) is 24.4. The van der Waals surface area contributed by atoms with Gasteiger partial charge >= 0.3 is 0 Å². The van der Waals surface area contributed by atoms with Gasteiger partial charge in [0.25, 0.3) is 0 Å². The third-order valence-corrected chi connectivity index (χ3v) is 4.89. The lowest BCUT2D eigenvalue weighted by Crippen LogP contribution is -2.51. The number of ether oxygens (including phenoxy) is 1. The normalized spacial score (nSPS) is 14.8. The van der Waals surface area contributed by atoms with E-state index in [-0.39, 0.29) is 30.9 Å². The molecule has 10 heteroatoms. The van der Waals surface area contributed by atoms with Crippen molar-refractivity contribution in [2.24, 2.45) is 0 Å². The molecule has 1 fully saturated rings. The number of hydrogen-bond acceptors (Lipinski definition) is 7. The van der Waals surface area contributed by atoms with E-state index in [2.05, 4.69) is 20.2 Å². The maximum atomic E-state index is 14.3. The molecule has 1 amide bonds. The Bertz CT molecular complexity index is 1070. The maximum absolute atomic E-state index is 14.3. The molecule has 3 aromatic rings. The van der Waals surface area contributed by atoms with Crippen LogP contribution in [0.5, 0.6) is 5.75 Å². The number of benzene rings is 1. The average molecular weight is 414 g/mol. The van der Waals surface area contributed by atoms with E-state index in [1.807, 2.05) is 18.7 Å². The van der Waals surface area contributed by atoms with E-state index in [4.69, 9.17) is 9.84 Å². The number of anilines is 1. The molecular weight excluding hydrogens is 391 g/mol. The summed E-state index contributed by atoms with van der Waals surface area (Å²) in [5.41, 5.74) is 1.64. The summed E-state index contributed by atoms with van der Waals surface area (Å²) in [6, 6.07) is 4.73. The standard InChI is InChI=1S/C20H23FN6O3/c1-12(2)30-17-7-13-15(8-14(17)21)24-25-20(13)16-9-18(23-11-22-16)27-4-3-26(5-6-28)19(29)10-27/h7-9,11-12,28H,3-6,10H2,1-2H3,(H,24,25). The fourth-order valence-corrected chi connectivity index (χ4v) is 3.47. The number of β-amino-alcohol motifs (C(OH)–C–C–N with tert-alkyl or cyclic N) is 1. The van der Waals surface area contributed by atoms with Crippen molar-refractivity contribution in [1.82, 2.24) is 25.1 Å². The van der Waals surface area contributed by atoms with Crippen LogP contribution in [0.15, 0.2) is 24.5 Å². The van der Waals surface area contributed by atoms with Crippen LogP contribution in [-0.2, 0) is 4.79 Å². The van der Waals surface area contributed by atoms with Gasteiger partial charge in [0, 0.05) is 37.2 Å². The molecule has 2 N–H and O–H groups in total. The van der Waals surface area contributed by atoms with Gasteiger partial charge in [0.1, 0.15) is 17.8 Å². The Morgan fingerprint density at radius 1 is 1.27 bits per heavy atom. The van der Waals surface area contributed by atoms with Gasteiger partial charge in [0.15, 0.2) is 11.6 Å². The van der Waals surface area contributed by atoms with Crippen LogP contribution in [0.2, 0.25) is 0 Å². The second-order valence-electron chi connectivity index (χ2n) is 7.35. The number of halogens is 1. The molecule has 0 atom stereocenters. The molecule has 0 radical (unpaired) electrons. The number of aromatic nitrogens is 4. The summed E-state index contributed by atoms with van der Waals surface area (Å²) < 4.78 is 19.8. The third kappa shape index (κ3) is 3.90. The number of H-pyrrole nitrogens is 1. The number of fused-ring (bicyclic) bond motifs is 1. The molecule has 0 spiro atoms. The number of hydrogen-bond donors (Lipinski definition) is 2. The van der Waals surface area contributed by atoms with Gasteiger partial charge < -0.3 is 19.6 Å². The fraction of sp³-hybridized carbons (Fsp3) is 0.400. The number of aromatic amines is 1. The minimum absolute atomic E-state index is 0.0568. The Labute approximate surface area is 172 Å². The molecule has 2 aromatic heterocycles. The van der Waals surface area contributed by atoms with Crippen molar-refractivity contribution in [3.05, 3.63) is 30.3 Å². The van der Waals surface area contributed by atoms with Gasteiger partial charge in [-0.2, -0.15) is 5.10 Å². The molecule has 1 aromatic carbocycles. The summed E-state index contributed by atoms with van der Waals surface area (Å²) in [6.07, 6.45) is 1.25. The molecule has 1 aliphatic rings. The first-order chi connectivity index (χ1) is 14.5. The van der Waals surface area contributed by atoms with Crippen LogP contribution < -0.4 is 9.64 Å². The van der Waals surface area contributed by atoms with Gasteiger partial charge in [-0.25, -0.2) is 14.4 Å². The van der Waals surface area contributed by atoms with E-state index < -0.39 is 5.82 Å². The van der Waals surface area contributed by atoms with Crippen LogP contribution in [0, 0.1) is 5.82 Å². The highest BCUT2D eigenvalue weighted by Crippen LogP contribution is 2.31. The lowest BCUT2D eigenvalue weighted by atomic mass is 10.1. The summed E-state index contributed by atoms with van der Waals surface area (Å²) in [6.45, 7) is 5.23. The fourth-order valence-electron chi connectivity index (χ4n) is 3.47. The van der Waals surface area contributed by atoms with E-state index in [1.165, 1.54) is 12.4 Å². The van der Waals surface area contributed by atoms with E-state index in [1.54, 1.807) is 17.0 Å². The van der Waals surface area contributed by atoms with Crippen LogP contribution in [0.4, 0.5) is 10.2 Å². The van der Waals surface area contributed by atoms with E-state index >= 15 is 0 Å². The monoisotopic (exact) mass is 414 g/mol. The molecule has 0 unspecified atom stereocenters. The second-order valence-corrected chi connectivity index (χ2v) is 7.35. The zero-order chi connectivity index (χ0) is 21.3. The third-order valence-electron chi connectivity index (χ3n) is 4.89. The Kier molecular flexibility index (Phi) is 5.49. The van der Waals surface area contributed by atoms with Gasteiger partial charge in [-0.05, 0) is 19.9 Å². The van der Waals surface area contributed by atoms with Gasteiger partial charge in [-0.3, -0.25) is 9.89 Å². The summed E-state index contributed by atoms with van der Waals surface area (Å²) >= 11 is 0. The van der Waals surface area contributed by atoms with Gasteiger partial charge in [0.05, 0.1) is 30.5 Å². The van der Waals surface area contributed by atoms with E-state index in [0.29, 0.717) is 47.7 Å². The van der Waals surface area contributed by atoms with Crippen molar-refractivity contribution in [1.29, 1.82) is 0 Å². The molecule has 0 saturated carbocycles. The highest BCUT2D eigenvalue weighted by Gasteiger charge is 2.25. The smallest absolute Gasteiger partial charge is 0.242 e. The molecule has 0 bridgehead atoms. The van der Waals surface area contributed by atoms with Crippen LogP contribution in [0.25, 0.3) is 22.3 Å². The molecule has 30 heavy (non-hydrogen) atoms. The quantitative estimate of drug-likeness (QED) is 0.631. The molecule has 3 heterocycles. The Hall–Kier alpha value is -3.27. The summed E-state index contributed by atoms with van der Waals surface area (Å²) in [5.74, 6) is 0.231. The van der Waals surface area contributed by atoms with Crippen molar-refractivity contribution in [2.75, 3.05) is 37.7 Å². The van der Waals surface area contributed by atoms with Gasteiger partial charge in [0.2, 0.25) is 5.91 Å². The van der Waals surface area contributed by atoms with E-state index in [9.17, 15) is 9.18 Å². The first-order valence-corrected chi connectivity index (χ1v) is 9.76. The van der Waals surface area contributed by atoms with Crippen molar-refractivity contribution in [3.8, 4) is 17.1 Å². The molecular formula is C20H23FN6O3. The minimum atomic E-state index is -0.464. The number of amides is 1. The largest absolute Gasteiger partial charge is 0.488 e. The maximum Gasteiger partial charge on any atom is 0.242 e. The molecule has 9 nitrogen and oxygen atoms in total. The SMILES string of the molecule is CC(C)Oc1cc2c(-c3cc(N4CCN(CCO)C(=O)C4)ncn3)n[nH]c2cc1F. The average Bonchev–Trinajstić information content (AvgIpc) is 3.12. The number of aliphatic hydroxyl groups is 1. The molecule has 4 rings (SSSR count). The predicted molar refractivity (Wildman–Crippen MR) is 109 cm³/mol. The second kappa shape index (κ2) is 8.23. The number of piperazine rings is 1. The summed E-state index contributed by atoms with van der Waals surface area (Å²) in [5, 5.41) is 16.9.